The summed E-state index contributed by atoms with van der Waals surface area (Å²) in [5, 5.41) is 8.70. The molecule has 124 valence electrons. The van der Waals surface area contributed by atoms with E-state index in [2.05, 4.69) is 10.3 Å². The van der Waals surface area contributed by atoms with Gasteiger partial charge in [-0.1, -0.05) is 35.5 Å². The number of benzene rings is 2. The van der Waals surface area contributed by atoms with Gasteiger partial charge in [-0.25, -0.2) is 4.68 Å². The molecule has 7 heteroatoms. The maximum atomic E-state index is 12.1. The molecule has 0 N–H and O–H groups in total. The van der Waals surface area contributed by atoms with Crippen LogP contribution >= 0.6 is 0 Å². The monoisotopic (exact) mass is 335 g/mol. The van der Waals surface area contributed by atoms with Gasteiger partial charge in [-0.2, -0.15) is 0 Å². The maximum Gasteiger partial charge on any atom is 0.328 e. The number of hydrogen-bond donors (Lipinski definition) is 0. The number of ether oxygens (including phenoxy) is 1. The number of ketones is 1. The van der Waals surface area contributed by atoms with E-state index in [1.54, 1.807) is 18.2 Å². The lowest BCUT2D eigenvalue weighted by Gasteiger charge is -2.03. The lowest BCUT2D eigenvalue weighted by molar-refractivity contribution is -0.143. The first kappa shape index (κ1) is 15.1. The average molecular weight is 335 g/mol. The van der Waals surface area contributed by atoms with E-state index in [0.717, 1.165) is 10.9 Å². The standard InChI is InChI=1S/C18H13N3O4/c22-15(17-9-12-5-1-4-8-16(12)25-17)11-24-18(23)10-21-14-7-3-2-6-13(14)19-20-21/h1-9H,10-11H2. The summed E-state index contributed by atoms with van der Waals surface area (Å²) in [5.41, 5.74) is 2.03. The first-order valence-corrected chi connectivity index (χ1v) is 7.66. The Morgan fingerprint density at radius 1 is 1.08 bits per heavy atom. The van der Waals surface area contributed by atoms with Crippen LogP contribution in [0.2, 0.25) is 0 Å². The first-order valence-electron chi connectivity index (χ1n) is 7.66. The van der Waals surface area contributed by atoms with Crippen LogP contribution in [0.5, 0.6) is 0 Å². The van der Waals surface area contributed by atoms with Gasteiger partial charge < -0.3 is 9.15 Å². The number of fused-ring (bicyclic) bond motifs is 2. The Morgan fingerprint density at radius 3 is 2.76 bits per heavy atom. The second-order valence-electron chi connectivity index (χ2n) is 5.47. The molecule has 25 heavy (non-hydrogen) atoms. The summed E-state index contributed by atoms with van der Waals surface area (Å²) in [5.74, 6) is -0.798. The van der Waals surface area contributed by atoms with E-state index in [9.17, 15) is 9.59 Å². The van der Waals surface area contributed by atoms with Gasteiger partial charge in [0.2, 0.25) is 5.78 Å². The molecule has 4 rings (SSSR count). The predicted octanol–water partition coefficient (Wildman–Crippen LogP) is 2.60. The Hall–Kier alpha value is -3.48. The van der Waals surface area contributed by atoms with Gasteiger partial charge in [0.05, 0.1) is 5.52 Å². The Bertz CT molecular complexity index is 1050. The van der Waals surface area contributed by atoms with Crippen LogP contribution in [0.4, 0.5) is 0 Å². The number of hydrogen-bond acceptors (Lipinski definition) is 6. The van der Waals surface area contributed by atoms with Gasteiger partial charge in [0, 0.05) is 5.39 Å². The Labute approximate surface area is 141 Å². The van der Waals surface area contributed by atoms with Crippen LogP contribution in [0.25, 0.3) is 22.0 Å². The summed E-state index contributed by atoms with van der Waals surface area (Å²) >= 11 is 0. The summed E-state index contributed by atoms with van der Waals surface area (Å²) in [6, 6.07) is 16.2. The molecule has 4 aromatic rings. The van der Waals surface area contributed by atoms with Crippen LogP contribution in [0, 0.1) is 0 Å². The lowest BCUT2D eigenvalue weighted by atomic mass is 10.2. The highest BCUT2D eigenvalue weighted by Gasteiger charge is 2.16. The smallest absolute Gasteiger partial charge is 0.328 e. The quantitative estimate of drug-likeness (QED) is 0.411. The molecule has 2 aromatic carbocycles. The Morgan fingerprint density at radius 2 is 1.88 bits per heavy atom. The van der Waals surface area contributed by atoms with Crippen molar-refractivity contribution in [1.82, 2.24) is 15.0 Å². The van der Waals surface area contributed by atoms with Crippen molar-refractivity contribution < 1.29 is 18.7 Å². The summed E-state index contributed by atoms with van der Waals surface area (Å²) < 4.78 is 11.9. The minimum Gasteiger partial charge on any atom is -0.456 e. The molecular weight excluding hydrogens is 322 g/mol. The molecule has 0 aliphatic heterocycles. The second-order valence-corrected chi connectivity index (χ2v) is 5.47. The largest absolute Gasteiger partial charge is 0.456 e. The summed E-state index contributed by atoms with van der Waals surface area (Å²) in [6.07, 6.45) is 0. The second kappa shape index (κ2) is 6.20. The average Bonchev–Trinajstić information content (AvgIpc) is 3.24. The van der Waals surface area contributed by atoms with Gasteiger partial charge in [0.1, 0.15) is 17.6 Å². The fraction of sp³-hybridized carbons (Fsp3) is 0.111. The molecule has 0 saturated carbocycles. The van der Waals surface area contributed by atoms with Crippen LogP contribution in [-0.4, -0.2) is 33.4 Å². The summed E-state index contributed by atoms with van der Waals surface area (Å²) in [4.78, 5) is 24.1. The van der Waals surface area contributed by atoms with Gasteiger partial charge in [-0.05, 0) is 24.3 Å². The predicted molar refractivity (Wildman–Crippen MR) is 89.0 cm³/mol. The molecule has 0 saturated heterocycles. The molecule has 0 aliphatic rings. The third kappa shape index (κ3) is 2.99. The first-order chi connectivity index (χ1) is 12.2. The molecule has 2 heterocycles. The van der Waals surface area contributed by atoms with Crippen LogP contribution in [0.1, 0.15) is 10.6 Å². The number of nitrogens with zero attached hydrogens (tertiary/aromatic N) is 3. The van der Waals surface area contributed by atoms with E-state index >= 15 is 0 Å². The molecule has 2 aromatic heterocycles. The number of aromatic nitrogens is 3. The highest BCUT2D eigenvalue weighted by atomic mass is 16.5. The lowest BCUT2D eigenvalue weighted by Crippen LogP contribution is -2.18. The van der Waals surface area contributed by atoms with Crippen molar-refractivity contribution in [2.24, 2.45) is 0 Å². The molecule has 0 fully saturated rings. The molecular formula is C18H13N3O4. The van der Waals surface area contributed by atoms with Gasteiger partial charge in [-0.3, -0.25) is 9.59 Å². The fourth-order valence-corrected chi connectivity index (χ4v) is 2.54. The van der Waals surface area contributed by atoms with Crippen molar-refractivity contribution in [2.45, 2.75) is 6.54 Å². The molecule has 0 amide bonds. The number of esters is 1. The zero-order chi connectivity index (χ0) is 17.2. The van der Waals surface area contributed by atoms with E-state index in [0.29, 0.717) is 11.1 Å². The van der Waals surface area contributed by atoms with E-state index < -0.39 is 11.8 Å². The number of furan rings is 1. The van der Waals surface area contributed by atoms with Crippen LogP contribution < -0.4 is 0 Å². The van der Waals surface area contributed by atoms with Gasteiger partial charge in [0.15, 0.2) is 12.4 Å². The van der Waals surface area contributed by atoms with E-state index in [4.69, 9.17) is 9.15 Å². The van der Waals surface area contributed by atoms with Crippen molar-refractivity contribution >= 4 is 33.8 Å². The highest BCUT2D eigenvalue weighted by Crippen LogP contribution is 2.19. The maximum absolute atomic E-state index is 12.1. The number of Topliss-reactive ketones (excluding diaryl/α,β-unsaturated/α-hetero) is 1. The molecule has 0 spiro atoms. The van der Waals surface area contributed by atoms with Crippen molar-refractivity contribution in [3.8, 4) is 0 Å². The normalized spacial score (nSPS) is 11.0. The fourth-order valence-electron chi connectivity index (χ4n) is 2.54. The number of carbonyl (C=O) groups is 2. The zero-order valence-electron chi connectivity index (χ0n) is 13.1. The third-order valence-corrected chi connectivity index (χ3v) is 3.76. The number of carbonyl (C=O) groups excluding carboxylic acids is 2. The van der Waals surface area contributed by atoms with Gasteiger partial charge in [0.25, 0.3) is 0 Å². The topological polar surface area (TPSA) is 87.2 Å². The van der Waals surface area contributed by atoms with E-state index in [1.165, 1.54) is 4.68 Å². The van der Waals surface area contributed by atoms with Crippen LogP contribution in [0.15, 0.2) is 59.0 Å². The summed E-state index contributed by atoms with van der Waals surface area (Å²) in [7, 11) is 0. The van der Waals surface area contributed by atoms with Crippen molar-refractivity contribution in [1.29, 1.82) is 0 Å². The highest BCUT2D eigenvalue weighted by molar-refractivity contribution is 5.99. The molecule has 0 radical (unpaired) electrons. The van der Waals surface area contributed by atoms with Gasteiger partial charge >= 0.3 is 5.97 Å². The van der Waals surface area contributed by atoms with Crippen molar-refractivity contribution in [3.63, 3.8) is 0 Å². The minimum absolute atomic E-state index is 0.117. The molecule has 7 nitrogen and oxygen atoms in total. The number of para-hydroxylation sites is 2. The van der Waals surface area contributed by atoms with Crippen LogP contribution in [-0.2, 0) is 16.1 Å². The summed E-state index contributed by atoms with van der Waals surface area (Å²) in [6.45, 7) is -0.501. The zero-order valence-corrected chi connectivity index (χ0v) is 13.1. The minimum atomic E-state index is -0.569. The SMILES string of the molecule is O=C(Cn1nnc2ccccc21)OCC(=O)c1cc2ccccc2o1. The van der Waals surface area contributed by atoms with Crippen LogP contribution in [0.3, 0.4) is 0 Å². The Kier molecular flexibility index (Phi) is 3.74. The van der Waals surface area contributed by atoms with Crippen molar-refractivity contribution in [3.05, 3.63) is 60.4 Å². The number of rotatable bonds is 5. The third-order valence-electron chi connectivity index (χ3n) is 3.76. The molecule has 0 bridgehead atoms. The van der Waals surface area contributed by atoms with E-state index in [1.807, 2.05) is 36.4 Å². The Balaban J connectivity index is 1.40. The molecule has 0 atom stereocenters. The van der Waals surface area contributed by atoms with E-state index in [-0.39, 0.29) is 18.9 Å². The molecule has 0 unspecified atom stereocenters. The molecule has 0 aliphatic carbocycles. The van der Waals surface area contributed by atoms with Gasteiger partial charge in [-0.15, -0.1) is 5.10 Å². The van der Waals surface area contributed by atoms with Crippen molar-refractivity contribution in [2.75, 3.05) is 6.61 Å².